The number of carbonyl (C=O) groups excluding carboxylic acids is 4. The van der Waals surface area contributed by atoms with E-state index >= 15 is 0 Å². The van der Waals surface area contributed by atoms with Gasteiger partial charge in [-0.05, 0) is 63.9 Å². The molecule has 0 heterocycles. The van der Waals surface area contributed by atoms with E-state index in [2.05, 4.69) is 10.6 Å². The molecule has 0 aliphatic carbocycles. The Bertz CT molecular complexity index is 1140. The Morgan fingerprint density at radius 3 is 2.32 bits per heavy atom. The minimum absolute atomic E-state index is 0.0132. The van der Waals surface area contributed by atoms with Gasteiger partial charge in [-0.25, -0.2) is 4.79 Å². The molecule has 2 aromatic carbocycles. The number of primary amides is 1. The van der Waals surface area contributed by atoms with E-state index in [9.17, 15) is 24.3 Å². The number of alkyl carbamates (subject to hydrolysis) is 1. The molecule has 5 N–H and O–H groups in total. The molecule has 2 rings (SSSR count). The number of nitrogens with one attached hydrogen (secondary N) is 2. The highest BCUT2D eigenvalue weighted by Crippen LogP contribution is 2.30. The van der Waals surface area contributed by atoms with Gasteiger partial charge in [0, 0.05) is 6.54 Å². The summed E-state index contributed by atoms with van der Waals surface area (Å²) >= 11 is 6.30. The van der Waals surface area contributed by atoms with Gasteiger partial charge in [-0.2, -0.15) is 0 Å². The number of rotatable bonds is 9. The van der Waals surface area contributed by atoms with Gasteiger partial charge in [-0.1, -0.05) is 35.9 Å². The number of halogens is 1. The summed E-state index contributed by atoms with van der Waals surface area (Å²) in [7, 11) is 0. The fraction of sp³-hybridized carbons (Fsp3) is 0.385. The summed E-state index contributed by atoms with van der Waals surface area (Å²) in [6.07, 6.45) is -1.44. The van der Waals surface area contributed by atoms with Crippen LogP contribution in [0.3, 0.4) is 0 Å². The summed E-state index contributed by atoms with van der Waals surface area (Å²) in [5.41, 5.74) is 5.85. The largest absolute Gasteiger partial charge is 0.508 e. The predicted octanol–water partition coefficient (Wildman–Crippen LogP) is 3.65. The first kappa shape index (κ1) is 29.4. The molecular weight excluding hydrogens is 500 g/mol. The molecule has 0 aliphatic heterocycles. The van der Waals surface area contributed by atoms with Gasteiger partial charge in [0.25, 0.3) is 5.91 Å². The predicted molar refractivity (Wildman–Crippen MR) is 140 cm³/mol. The maximum Gasteiger partial charge on any atom is 0.408 e. The van der Waals surface area contributed by atoms with Gasteiger partial charge in [-0.15, -0.1) is 0 Å². The molecule has 0 bridgehead atoms. The number of hydrogen-bond acceptors (Lipinski definition) is 6. The topological polar surface area (TPSA) is 151 Å². The van der Waals surface area contributed by atoms with Crippen LogP contribution >= 0.6 is 11.6 Å². The van der Waals surface area contributed by atoms with Crippen LogP contribution in [0.5, 0.6) is 5.75 Å². The van der Waals surface area contributed by atoms with E-state index in [0.717, 1.165) is 0 Å². The minimum Gasteiger partial charge on any atom is -0.508 e. The fourth-order valence-corrected chi connectivity index (χ4v) is 3.94. The number of aryl methyl sites for hydroxylation is 1. The van der Waals surface area contributed by atoms with Crippen LogP contribution in [0, 0.1) is 6.92 Å². The highest BCUT2D eigenvalue weighted by atomic mass is 35.5. The first-order valence-electron chi connectivity index (χ1n) is 11.7. The van der Waals surface area contributed by atoms with Crippen molar-refractivity contribution in [2.45, 2.75) is 58.7 Å². The number of amides is 4. The van der Waals surface area contributed by atoms with Crippen molar-refractivity contribution in [3.8, 4) is 5.75 Å². The number of nitrogens with two attached hydrogens (primary N) is 1. The van der Waals surface area contributed by atoms with Gasteiger partial charge >= 0.3 is 6.09 Å². The maximum absolute atomic E-state index is 13.7. The summed E-state index contributed by atoms with van der Waals surface area (Å²) in [6, 6.07) is 8.34. The van der Waals surface area contributed by atoms with Crippen molar-refractivity contribution in [3.63, 3.8) is 0 Å². The van der Waals surface area contributed by atoms with E-state index in [4.69, 9.17) is 22.1 Å². The number of likely N-dealkylation sites (N-methyl/N-ethyl adjacent to an activating group) is 1. The first-order valence-corrected chi connectivity index (χ1v) is 12.0. The number of phenolic OH excluding ortho intramolecular Hbond substituents is 1. The molecule has 0 saturated carbocycles. The highest BCUT2D eigenvalue weighted by molar-refractivity contribution is 6.34. The number of anilines is 1. The summed E-state index contributed by atoms with van der Waals surface area (Å²) in [5.74, 6) is -2.32. The third-order valence-corrected chi connectivity index (χ3v) is 5.55. The van der Waals surface area contributed by atoms with Crippen LogP contribution in [0.1, 0.15) is 51.3 Å². The minimum atomic E-state index is -1.40. The van der Waals surface area contributed by atoms with Crippen molar-refractivity contribution in [2.24, 2.45) is 5.73 Å². The smallest absolute Gasteiger partial charge is 0.408 e. The Kier molecular flexibility index (Phi) is 9.90. The zero-order valence-corrected chi connectivity index (χ0v) is 22.3. The lowest BCUT2D eigenvalue weighted by atomic mass is 10.0. The fourth-order valence-electron chi connectivity index (χ4n) is 3.67. The van der Waals surface area contributed by atoms with Crippen LogP contribution in [-0.2, 0) is 19.1 Å². The van der Waals surface area contributed by atoms with Crippen molar-refractivity contribution >= 4 is 41.1 Å². The molecule has 2 atom stereocenters. The maximum atomic E-state index is 13.7. The number of nitrogens with zero attached hydrogens (tertiary/aromatic N) is 1. The molecule has 0 aromatic heterocycles. The van der Waals surface area contributed by atoms with Crippen LogP contribution in [0.2, 0.25) is 5.02 Å². The van der Waals surface area contributed by atoms with Crippen LogP contribution in [0.15, 0.2) is 42.5 Å². The van der Waals surface area contributed by atoms with E-state index in [0.29, 0.717) is 21.8 Å². The number of benzene rings is 2. The Morgan fingerprint density at radius 2 is 1.78 bits per heavy atom. The van der Waals surface area contributed by atoms with Crippen molar-refractivity contribution < 1.29 is 29.0 Å². The van der Waals surface area contributed by atoms with E-state index < -0.39 is 47.9 Å². The number of para-hydroxylation sites is 1. The molecule has 0 radical (unpaired) electrons. The Hall–Kier alpha value is -3.79. The molecule has 200 valence electrons. The van der Waals surface area contributed by atoms with Gasteiger partial charge < -0.3 is 31.1 Å². The van der Waals surface area contributed by atoms with Crippen LogP contribution in [-0.4, -0.2) is 52.0 Å². The van der Waals surface area contributed by atoms with Crippen molar-refractivity contribution in [1.82, 2.24) is 10.2 Å². The lowest BCUT2D eigenvalue weighted by Crippen LogP contribution is -2.53. The lowest BCUT2D eigenvalue weighted by Gasteiger charge is -2.33. The molecule has 2 aromatic rings. The zero-order chi connectivity index (χ0) is 27.9. The third-order valence-electron chi connectivity index (χ3n) is 5.23. The van der Waals surface area contributed by atoms with Gasteiger partial charge in [-0.3, -0.25) is 14.4 Å². The number of ether oxygens (including phenoxy) is 1. The normalized spacial score (nSPS) is 12.7. The Morgan fingerprint density at radius 1 is 1.14 bits per heavy atom. The molecule has 37 heavy (non-hydrogen) atoms. The first-order chi connectivity index (χ1) is 17.2. The molecule has 2 unspecified atom stereocenters. The Labute approximate surface area is 221 Å². The van der Waals surface area contributed by atoms with Crippen molar-refractivity contribution in [2.75, 3.05) is 11.9 Å². The van der Waals surface area contributed by atoms with Crippen molar-refractivity contribution in [3.05, 3.63) is 58.6 Å². The number of carbonyl (C=O) groups is 4. The van der Waals surface area contributed by atoms with E-state index in [1.165, 1.54) is 23.1 Å². The van der Waals surface area contributed by atoms with E-state index in [-0.39, 0.29) is 12.3 Å². The van der Waals surface area contributed by atoms with Crippen LogP contribution in [0.25, 0.3) is 0 Å². The second-order valence-electron chi connectivity index (χ2n) is 9.41. The second-order valence-corrected chi connectivity index (χ2v) is 9.82. The summed E-state index contributed by atoms with van der Waals surface area (Å²) in [5, 5.41) is 15.5. The SMILES string of the molecule is CCN(C(=O)C(CC(N)=O)NC(=O)OC(C)(C)C)C(C(=O)Nc1c(C)cccc1Cl)c1cccc(O)c1. The summed E-state index contributed by atoms with van der Waals surface area (Å²) < 4.78 is 5.23. The number of aromatic hydroxyl groups is 1. The average Bonchev–Trinajstić information content (AvgIpc) is 2.77. The summed E-state index contributed by atoms with van der Waals surface area (Å²) in [4.78, 5) is 52.7. The highest BCUT2D eigenvalue weighted by Gasteiger charge is 2.36. The molecule has 0 fully saturated rings. The van der Waals surface area contributed by atoms with Gasteiger partial charge in [0.05, 0.1) is 17.1 Å². The standard InChI is InChI=1S/C26H33ClN4O6/c1-6-31(24(35)19(14-20(28)33)29-25(36)37-26(3,4)5)22(16-10-8-11-17(32)13-16)23(34)30-21-15(2)9-7-12-18(21)27/h7-13,19,22,32H,6,14H2,1-5H3,(H2,28,33)(H,29,36)(H,30,34). The number of phenols is 1. The van der Waals surface area contributed by atoms with E-state index in [1.807, 2.05) is 0 Å². The van der Waals surface area contributed by atoms with Crippen LogP contribution < -0.4 is 16.4 Å². The summed E-state index contributed by atoms with van der Waals surface area (Å²) in [6.45, 7) is 8.36. The molecule has 0 aliphatic rings. The lowest BCUT2D eigenvalue weighted by molar-refractivity contribution is -0.141. The van der Waals surface area contributed by atoms with Gasteiger partial charge in [0.15, 0.2) is 0 Å². The molecule has 4 amide bonds. The molecular formula is C26H33ClN4O6. The van der Waals surface area contributed by atoms with Gasteiger partial charge in [0.1, 0.15) is 23.4 Å². The average molecular weight is 533 g/mol. The number of hydrogen-bond donors (Lipinski definition) is 4. The molecule has 10 nitrogen and oxygen atoms in total. The van der Waals surface area contributed by atoms with Crippen molar-refractivity contribution in [1.29, 1.82) is 0 Å². The monoisotopic (exact) mass is 532 g/mol. The molecule has 0 saturated heterocycles. The van der Waals surface area contributed by atoms with E-state index in [1.54, 1.807) is 58.9 Å². The second kappa shape index (κ2) is 12.4. The van der Waals surface area contributed by atoms with Crippen LogP contribution in [0.4, 0.5) is 10.5 Å². The molecule has 0 spiro atoms. The Balaban J connectivity index is 2.50. The quantitative estimate of drug-likeness (QED) is 0.387. The zero-order valence-electron chi connectivity index (χ0n) is 21.5. The van der Waals surface area contributed by atoms with Gasteiger partial charge in [0.2, 0.25) is 11.8 Å². The third kappa shape index (κ3) is 8.38. The molecule has 11 heteroatoms.